The molecule has 0 saturated carbocycles. The Morgan fingerprint density at radius 1 is 1.06 bits per heavy atom. The number of benzene rings is 2. The molecule has 31 heavy (non-hydrogen) atoms. The number of nitrogens with one attached hydrogen (secondary N) is 1. The van der Waals surface area contributed by atoms with Crippen molar-refractivity contribution in [3.05, 3.63) is 65.2 Å². The van der Waals surface area contributed by atoms with Crippen LogP contribution in [0.1, 0.15) is 37.0 Å². The molecule has 0 aromatic heterocycles. The van der Waals surface area contributed by atoms with E-state index in [1.54, 1.807) is 11.2 Å². The third-order valence-corrected chi connectivity index (χ3v) is 7.42. The highest BCUT2D eigenvalue weighted by Gasteiger charge is 2.45. The van der Waals surface area contributed by atoms with Crippen LogP contribution in [0.4, 0.5) is 0 Å². The average molecular weight is 439 g/mol. The lowest BCUT2D eigenvalue weighted by Crippen LogP contribution is -2.65. The Morgan fingerprint density at radius 3 is 2.29 bits per heavy atom. The molecule has 0 bridgehead atoms. The smallest absolute Gasteiger partial charge is 0.246 e. The van der Waals surface area contributed by atoms with Crippen LogP contribution in [0, 0.1) is 11.8 Å². The fourth-order valence-electron chi connectivity index (χ4n) is 4.90. The first kappa shape index (κ1) is 21.9. The molecule has 1 unspecified atom stereocenters. The summed E-state index contributed by atoms with van der Waals surface area (Å²) >= 11 is -1.16. The zero-order valence-corrected chi connectivity index (χ0v) is 19.2. The molecule has 2 amide bonds. The minimum absolute atomic E-state index is 0.0280. The van der Waals surface area contributed by atoms with E-state index < -0.39 is 23.3 Å². The first-order chi connectivity index (χ1) is 14.8. The molecule has 0 radical (unpaired) electrons. The molecule has 1 N–H and O–H groups in total. The highest BCUT2D eigenvalue weighted by Crippen LogP contribution is 2.32. The van der Waals surface area contributed by atoms with Gasteiger partial charge in [-0.3, -0.25) is 9.59 Å². The Morgan fingerprint density at radius 2 is 1.68 bits per heavy atom. The quantitative estimate of drug-likeness (QED) is 0.705. The molecule has 2 aromatic rings. The summed E-state index contributed by atoms with van der Waals surface area (Å²) in [5.41, 5.74) is 3.36. The molecular weight excluding hydrogens is 408 g/mol. The van der Waals surface area contributed by atoms with Crippen LogP contribution >= 0.6 is 0 Å². The van der Waals surface area contributed by atoms with Gasteiger partial charge in [0.25, 0.3) is 0 Å². The summed E-state index contributed by atoms with van der Waals surface area (Å²) in [6.07, 6.45) is 3.84. The van der Waals surface area contributed by atoms with Gasteiger partial charge in [-0.25, -0.2) is 0 Å². The second-order valence-electron chi connectivity index (χ2n) is 9.10. The monoisotopic (exact) mass is 438 g/mol. The molecule has 1 saturated heterocycles. The van der Waals surface area contributed by atoms with Gasteiger partial charge in [0, 0.05) is 5.56 Å². The molecule has 1 heterocycles. The van der Waals surface area contributed by atoms with Crippen molar-refractivity contribution in [3.8, 4) is 0 Å². The molecule has 164 valence electrons. The highest BCUT2D eigenvalue weighted by atomic mass is 32.2. The molecule has 1 aliphatic heterocycles. The lowest BCUT2D eigenvalue weighted by Gasteiger charge is -2.41. The Hall–Kier alpha value is -2.31. The maximum Gasteiger partial charge on any atom is 0.246 e. The zero-order valence-electron chi connectivity index (χ0n) is 18.3. The highest BCUT2D eigenvalue weighted by molar-refractivity contribution is 7.90. The van der Waals surface area contributed by atoms with E-state index >= 15 is 0 Å². The van der Waals surface area contributed by atoms with E-state index in [2.05, 4.69) is 31.3 Å². The largest absolute Gasteiger partial charge is 0.612 e. The van der Waals surface area contributed by atoms with Crippen LogP contribution in [0.15, 0.2) is 53.4 Å². The van der Waals surface area contributed by atoms with E-state index in [1.165, 1.54) is 11.1 Å². The van der Waals surface area contributed by atoms with Crippen LogP contribution in [0.25, 0.3) is 0 Å². The molecule has 1 fully saturated rings. The number of carbonyl (C=O) groups is 2. The van der Waals surface area contributed by atoms with Crippen molar-refractivity contribution in [2.75, 3.05) is 6.26 Å². The van der Waals surface area contributed by atoms with Crippen molar-refractivity contribution in [2.24, 2.45) is 11.8 Å². The fraction of sp³-hybridized carbons (Fsp3) is 0.440. The van der Waals surface area contributed by atoms with Crippen LogP contribution < -0.4 is 5.32 Å². The number of rotatable bonds is 6. The average Bonchev–Trinajstić information content (AvgIpc) is 3.17. The lowest BCUT2D eigenvalue weighted by atomic mass is 9.90. The van der Waals surface area contributed by atoms with Crippen molar-refractivity contribution in [1.29, 1.82) is 0 Å². The SMILES string of the molecule is CC(C)C[C@@H]1C(=O)N[C@H](C2Cc3ccccc3C2)C(=O)N1Cc1ccccc1[S+](C)[O-]. The second-order valence-corrected chi connectivity index (χ2v) is 10.4. The van der Waals surface area contributed by atoms with Crippen LogP contribution in [0.5, 0.6) is 0 Å². The Labute approximate surface area is 187 Å². The van der Waals surface area contributed by atoms with Crippen LogP contribution in [0.2, 0.25) is 0 Å². The van der Waals surface area contributed by atoms with Crippen LogP contribution in [-0.4, -0.2) is 39.6 Å². The van der Waals surface area contributed by atoms with E-state index in [4.69, 9.17) is 0 Å². The second kappa shape index (κ2) is 9.05. The first-order valence-electron chi connectivity index (χ1n) is 10.9. The molecule has 6 heteroatoms. The van der Waals surface area contributed by atoms with Crippen molar-refractivity contribution in [1.82, 2.24) is 10.2 Å². The standard InChI is InChI=1S/C25H30N2O3S/c1-16(2)12-21-24(28)26-23(20-13-17-8-4-5-9-18(17)14-20)25(29)27(21)15-19-10-6-7-11-22(19)31(3)30/h4-11,16,20-21,23H,12-15H2,1-3H3,(H,26,28)/t21-,23-,31?/m1/s1. The summed E-state index contributed by atoms with van der Waals surface area (Å²) in [5, 5.41) is 3.06. The van der Waals surface area contributed by atoms with Crippen LogP contribution in [0.3, 0.4) is 0 Å². The minimum atomic E-state index is -1.16. The molecule has 2 aromatic carbocycles. The van der Waals surface area contributed by atoms with Gasteiger partial charge in [0.2, 0.25) is 11.8 Å². The van der Waals surface area contributed by atoms with E-state index in [-0.39, 0.29) is 23.7 Å². The van der Waals surface area contributed by atoms with Gasteiger partial charge in [-0.05, 0) is 59.5 Å². The normalized spacial score (nSPS) is 22.5. The van der Waals surface area contributed by atoms with E-state index in [0.717, 1.165) is 23.3 Å². The Balaban J connectivity index is 1.63. The van der Waals surface area contributed by atoms with Gasteiger partial charge < -0.3 is 14.8 Å². The van der Waals surface area contributed by atoms with Gasteiger partial charge in [-0.2, -0.15) is 0 Å². The Kier molecular flexibility index (Phi) is 6.39. The topological polar surface area (TPSA) is 72.5 Å². The van der Waals surface area contributed by atoms with E-state index in [9.17, 15) is 14.1 Å². The zero-order chi connectivity index (χ0) is 22.1. The summed E-state index contributed by atoms with van der Waals surface area (Å²) in [5.74, 6) is 0.227. The minimum Gasteiger partial charge on any atom is -0.612 e. The maximum atomic E-state index is 13.7. The van der Waals surface area contributed by atoms with Gasteiger partial charge in [0.1, 0.15) is 18.3 Å². The summed E-state index contributed by atoms with van der Waals surface area (Å²) in [4.78, 5) is 29.3. The lowest BCUT2D eigenvalue weighted by molar-refractivity contribution is -0.152. The summed E-state index contributed by atoms with van der Waals surface area (Å²) in [6.45, 7) is 4.42. The summed E-state index contributed by atoms with van der Waals surface area (Å²) in [7, 11) is 0. The number of amides is 2. The number of nitrogens with zero attached hydrogens (tertiary/aromatic N) is 1. The van der Waals surface area contributed by atoms with Gasteiger partial charge in [0.15, 0.2) is 4.90 Å². The van der Waals surface area contributed by atoms with Gasteiger partial charge >= 0.3 is 0 Å². The van der Waals surface area contributed by atoms with Crippen LogP contribution in [-0.2, 0) is 40.2 Å². The number of fused-ring (bicyclic) bond motifs is 1. The summed E-state index contributed by atoms with van der Waals surface area (Å²) < 4.78 is 12.2. The molecule has 5 nitrogen and oxygen atoms in total. The molecule has 2 aliphatic rings. The third kappa shape index (κ3) is 4.51. The van der Waals surface area contributed by atoms with E-state index in [1.807, 2.05) is 36.4 Å². The molecular formula is C25H30N2O3S. The molecule has 0 spiro atoms. The molecule has 1 aliphatic carbocycles. The number of hydrogen-bond acceptors (Lipinski definition) is 3. The van der Waals surface area contributed by atoms with Gasteiger partial charge in [0.05, 0.1) is 6.54 Å². The van der Waals surface area contributed by atoms with Crippen molar-refractivity contribution >= 4 is 23.0 Å². The molecule has 4 rings (SSSR count). The number of piperazine rings is 1. The first-order valence-corrected chi connectivity index (χ1v) is 12.5. The van der Waals surface area contributed by atoms with Gasteiger partial charge in [-0.15, -0.1) is 0 Å². The van der Waals surface area contributed by atoms with E-state index in [0.29, 0.717) is 13.0 Å². The number of hydrogen-bond donors (Lipinski definition) is 1. The van der Waals surface area contributed by atoms with Gasteiger partial charge in [-0.1, -0.05) is 56.3 Å². The summed E-state index contributed by atoms with van der Waals surface area (Å²) in [6, 6.07) is 14.7. The predicted octanol–water partition coefficient (Wildman–Crippen LogP) is 3.08. The molecule has 3 atom stereocenters. The Bertz CT molecular complexity index is 950. The fourth-order valence-corrected chi connectivity index (χ4v) is 5.67. The predicted molar refractivity (Wildman–Crippen MR) is 122 cm³/mol. The van der Waals surface area contributed by atoms with Crippen molar-refractivity contribution in [2.45, 2.75) is 56.6 Å². The van der Waals surface area contributed by atoms with Crippen molar-refractivity contribution < 1.29 is 14.1 Å². The van der Waals surface area contributed by atoms with Crippen molar-refractivity contribution in [3.63, 3.8) is 0 Å². The third-order valence-electron chi connectivity index (χ3n) is 6.40. The number of carbonyl (C=O) groups excluding carboxylic acids is 2. The maximum absolute atomic E-state index is 13.7.